The van der Waals surface area contributed by atoms with Gasteiger partial charge in [-0.25, -0.2) is 0 Å². The van der Waals surface area contributed by atoms with Crippen LogP contribution in [0.25, 0.3) is 0 Å². The molecule has 0 bridgehead atoms. The third-order valence-corrected chi connectivity index (χ3v) is 0.874. The Kier molecular flexibility index (Phi) is 26.5. The molecule has 82 valence electrons. The van der Waals surface area contributed by atoms with Crippen molar-refractivity contribution in [3.8, 4) is 0 Å². The zero-order valence-corrected chi connectivity index (χ0v) is 15.8. The Morgan fingerprint density at radius 2 is 1.19 bits per heavy atom. The average molecular weight is 380 g/mol. The van der Waals surface area contributed by atoms with Gasteiger partial charge in [-0.3, -0.25) is 0 Å². The van der Waals surface area contributed by atoms with Gasteiger partial charge < -0.3 is 34.8 Å². The molecule has 0 rings (SSSR count). The molecule has 0 aliphatic heterocycles. The van der Waals surface area contributed by atoms with Crippen LogP contribution in [0.4, 0.5) is 0 Å². The summed E-state index contributed by atoms with van der Waals surface area (Å²) in [5.74, 6) is -4.17. The number of hydrogen-bond acceptors (Lipinski definition) is 7. The van der Waals surface area contributed by atoms with Crippen LogP contribution >= 0.6 is 0 Å². The number of carbonyl (C=O) groups excluding carboxylic acids is 3. The number of carboxylic acid groups (broad SMARTS) is 3. The zero-order valence-electron chi connectivity index (χ0n) is 8.80. The number of aliphatic carboxylic acids is 3. The van der Waals surface area contributed by atoms with Gasteiger partial charge in [0.15, 0.2) is 0 Å². The van der Waals surface area contributed by atoms with E-state index in [0.717, 1.165) is 6.92 Å². The van der Waals surface area contributed by atoms with Crippen molar-refractivity contribution < 1.29 is 34.8 Å². The van der Waals surface area contributed by atoms with Crippen molar-refractivity contribution >= 4 is 109 Å². The maximum Gasteiger partial charge on any atom is 2.00 e. The largest absolute Gasteiger partial charge is 2.00 e. The molecule has 0 aromatic heterocycles. The van der Waals surface area contributed by atoms with Crippen LogP contribution in [0.5, 0.6) is 0 Å². The summed E-state index contributed by atoms with van der Waals surface area (Å²) < 4.78 is 0. The molecule has 1 unspecified atom stereocenters. The van der Waals surface area contributed by atoms with Crippen molar-refractivity contribution in [2.75, 3.05) is 0 Å². The molecule has 0 heterocycles. The van der Waals surface area contributed by atoms with Gasteiger partial charge in [-0.1, -0.05) is 0 Å². The summed E-state index contributed by atoms with van der Waals surface area (Å²) in [7, 11) is 0. The molecular weight excluding hydrogens is 371 g/mol. The van der Waals surface area contributed by atoms with Gasteiger partial charge in [-0.15, -0.1) is 0 Å². The molecule has 0 saturated carbocycles. The summed E-state index contributed by atoms with van der Waals surface area (Å²) >= 11 is 0. The predicted molar refractivity (Wildman–Crippen MR) is 47.4 cm³/mol. The first-order valence-electron chi connectivity index (χ1n) is 3.56. The second-order valence-corrected chi connectivity index (χ2v) is 2.24. The third-order valence-electron chi connectivity index (χ3n) is 0.874. The monoisotopic (exact) mass is 381 g/mol. The summed E-state index contributed by atoms with van der Waals surface area (Å²) in [5.41, 5.74) is 0. The standard InChI is InChI=1S/C4H6O4.C3H6O3.2Sr/c5-3(6)1-2-4(7)8;1-2(4)3(5)6;;/h1-2H2,(H,5,6)(H,7,8);2,4H,1H3,(H,5,6);;/q;;2*+2/p-3. The van der Waals surface area contributed by atoms with Gasteiger partial charge in [0, 0.05) is 11.9 Å². The zero-order chi connectivity index (χ0) is 11.7. The van der Waals surface area contributed by atoms with Gasteiger partial charge >= 0.3 is 91.0 Å². The third kappa shape index (κ3) is 29.5. The first-order chi connectivity index (χ1) is 6.27. The fourth-order valence-corrected chi connectivity index (χ4v) is 0.204. The number of aliphatic hydroxyl groups is 1. The summed E-state index contributed by atoms with van der Waals surface area (Å²) in [6.45, 7) is 1.13. The summed E-state index contributed by atoms with van der Waals surface area (Å²) in [6.07, 6.45) is -2.28. The van der Waals surface area contributed by atoms with Crippen LogP contribution in [0.2, 0.25) is 0 Å². The first kappa shape index (κ1) is 26.0. The minimum Gasteiger partial charge on any atom is -0.550 e. The average Bonchev–Trinajstić information content (AvgIpc) is 2.01. The molecule has 0 aromatic rings. The van der Waals surface area contributed by atoms with Gasteiger partial charge in [-0.05, 0) is 19.8 Å². The van der Waals surface area contributed by atoms with E-state index in [9.17, 15) is 29.7 Å². The molecule has 0 radical (unpaired) electrons. The molecule has 1 atom stereocenters. The van der Waals surface area contributed by atoms with E-state index in [1.165, 1.54) is 0 Å². The second kappa shape index (κ2) is 16.3. The van der Waals surface area contributed by atoms with Crippen molar-refractivity contribution in [2.45, 2.75) is 25.9 Å². The van der Waals surface area contributed by atoms with Gasteiger partial charge in [-0.2, -0.15) is 0 Å². The molecular formula is C7H9O7Sr2+. The fraction of sp³-hybridized carbons (Fsp3) is 0.571. The van der Waals surface area contributed by atoms with Crippen LogP contribution in [-0.2, 0) is 14.4 Å². The Morgan fingerprint density at radius 1 is 1.00 bits per heavy atom. The van der Waals surface area contributed by atoms with E-state index < -0.39 is 36.9 Å². The van der Waals surface area contributed by atoms with Crippen molar-refractivity contribution in [1.82, 2.24) is 0 Å². The Balaban J connectivity index is -0.0000000825. The van der Waals surface area contributed by atoms with E-state index in [-0.39, 0.29) is 91.0 Å². The number of aliphatic hydroxyl groups excluding tert-OH is 1. The van der Waals surface area contributed by atoms with Crippen LogP contribution in [0.1, 0.15) is 19.8 Å². The van der Waals surface area contributed by atoms with Gasteiger partial charge in [0.1, 0.15) is 0 Å². The predicted octanol–water partition coefficient (Wildman–Crippen LogP) is -5.38. The molecule has 1 N–H and O–H groups in total. The van der Waals surface area contributed by atoms with E-state index in [0.29, 0.717) is 0 Å². The van der Waals surface area contributed by atoms with Crippen LogP contribution < -0.4 is 15.3 Å². The van der Waals surface area contributed by atoms with Crippen molar-refractivity contribution in [3.63, 3.8) is 0 Å². The van der Waals surface area contributed by atoms with Crippen LogP contribution in [0.3, 0.4) is 0 Å². The van der Waals surface area contributed by atoms with E-state index >= 15 is 0 Å². The minimum absolute atomic E-state index is 0. The molecule has 16 heavy (non-hydrogen) atoms. The number of carbonyl (C=O) groups is 3. The van der Waals surface area contributed by atoms with Gasteiger partial charge in [0.25, 0.3) is 0 Å². The van der Waals surface area contributed by atoms with Gasteiger partial charge in [0.2, 0.25) is 0 Å². The Bertz CT molecular complexity index is 203. The molecule has 0 saturated heterocycles. The van der Waals surface area contributed by atoms with Crippen LogP contribution in [0, 0.1) is 0 Å². The minimum atomic E-state index is -1.44. The normalized spacial score (nSPS) is 9.38. The van der Waals surface area contributed by atoms with E-state index in [1.54, 1.807) is 0 Å². The van der Waals surface area contributed by atoms with Crippen molar-refractivity contribution in [2.24, 2.45) is 0 Å². The Labute approximate surface area is 166 Å². The van der Waals surface area contributed by atoms with E-state index in [4.69, 9.17) is 5.11 Å². The van der Waals surface area contributed by atoms with E-state index in [2.05, 4.69) is 0 Å². The molecule has 7 nitrogen and oxygen atoms in total. The first-order valence-corrected chi connectivity index (χ1v) is 3.56. The van der Waals surface area contributed by atoms with E-state index in [1.807, 2.05) is 0 Å². The van der Waals surface area contributed by atoms with Crippen LogP contribution in [-0.4, -0.2) is 120 Å². The topological polar surface area (TPSA) is 141 Å². The number of hydrogen-bond donors (Lipinski definition) is 1. The quantitative estimate of drug-likeness (QED) is 0.480. The van der Waals surface area contributed by atoms with Crippen molar-refractivity contribution in [1.29, 1.82) is 0 Å². The Hall–Kier alpha value is 1.33. The SMILES string of the molecule is CC(O)C(=O)[O-].O=C([O-])CCC(=O)[O-].[Sr+2].[Sr+2]. The number of carboxylic acids is 3. The smallest absolute Gasteiger partial charge is 0.550 e. The maximum atomic E-state index is 9.50. The molecule has 9 heteroatoms. The maximum absolute atomic E-state index is 9.50. The summed E-state index contributed by atoms with van der Waals surface area (Å²) in [6, 6.07) is 0. The molecule has 0 spiro atoms. The van der Waals surface area contributed by atoms with Crippen LogP contribution in [0.15, 0.2) is 0 Å². The molecule has 0 aliphatic carbocycles. The summed E-state index contributed by atoms with van der Waals surface area (Å²) in [5, 5.41) is 36.3. The second-order valence-electron chi connectivity index (χ2n) is 2.24. The van der Waals surface area contributed by atoms with Crippen molar-refractivity contribution in [3.05, 3.63) is 0 Å². The molecule has 0 aliphatic rings. The molecule has 0 fully saturated rings. The fourth-order valence-electron chi connectivity index (χ4n) is 0.204. The molecule has 0 aromatic carbocycles. The van der Waals surface area contributed by atoms with Gasteiger partial charge in [0.05, 0.1) is 12.1 Å². The summed E-state index contributed by atoms with van der Waals surface area (Å²) in [4.78, 5) is 28.3. The Morgan fingerprint density at radius 3 is 1.25 bits per heavy atom. The number of rotatable bonds is 4. The molecule has 0 amide bonds.